The van der Waals surface area contributed by atoms with E-state index in [4.69, 9.17) is 0 Å². The van der Waals surface area contributed by atoms with Crippen LogP contribution < -0.4 is 5.32 Å². The van der Waals surface area contributed by atoms with Crippen molar-refractivity contribution in [2.75, 3.05) is 11.9 Å². The lowest BCUT2D eigenvalue weighted by molar-refractivity contribution is -0.157. The second kappa shape index (κ2) is 8.50. The molecule has 1 N–H and O–H groups in total. The Hall–Kier alpha value is -3.27. The molecule has 2 aliphatic rings. The maximum Gasteiger partial charge on any atom is 0.416 e. The van der Waals surface area contributed by atoms with E-state index in [1.54, 1.807) is 11.9 Å². The zero-order valence-corrected chi connectivity index (χ0v) is 18.5. The molecule has 10 heteroatoms. The van der Waals surface area contributed by atoms with E-state index in [1.165, 1.54) is 17.1 Å². The van der Waals surface area contributed by atoms with Crippen LogP contribution in [0.15, 0.2) is 53.6 Å². The molecule has 0 spiro atoms. The standard InChI is InChI=1S/C24H22F5N3O2/c1-14-19(21(33)30-17-9-7-16(8-10-17)24(27,28)29)22(34)31(32-12-4-11-23(14,32)2)13-15-5-3-6-18(25)20(15)26/h3,5-10H,4,11-13H2,1-2H3,(H,30,33)/t23-/m1/s1. The lowest BCUT2D eigenvalue weighted by Crippen LogP contribution is -2.60. The van der Waals surface area contributed by atoms with Crippen molar-refractivity contribution in [1.29, 1.82) is 0 Å². The predicted molar refractivity (Wildman–Crippen MR) is 114 cm³/mol. The summed E-state index contributed by atoms with van der Waals surface area (Å²) in [7, 11) is 0. The minimum Gasteiger partial charge on any atom is -0.322 e. The molecule has 0 saturated carbocycles. The summed E-state index contributed by atoms with van der Waals surface area (Å²) in [6.07, 6.45) is -3.17. The molecule has 1 fully saturated rings. The highest BCUT2D eigenvalue weighted by Gasteiger charge is 2.50. The second-order valence-electron chi connectivity index (χ2n) is 8.61. The van der Waals surface area contributed by atoms with Gasteiger partial charge < -0.3 is 5.32 Å². The summed E-state index contributed by atoms with van der Waals surface area (Å²) in [5.74, 6) is -3.58. The molecule has 0 bridgehead atoms. The molecule has 0 aliphatic carbocycles. The maximum atomic E-state index is 14.4. The molecule has 0 radical (unpaired) electrons. The zero-order valence-electron chi connectivity index (χ0n) is 18.5. The van der Waals surface area contributed by atoms with Crippen LogP contribution in [0.25, 0.3) is 0 Å². The summed E-state index contributed by atoms with van der Waals surface area (Å²) in [5, 5.41) is 5.51. The largest absolute Gasteiger partial charge is 0.416 e. The Morgan fingerprint density at radius 2 is 1.79 bits per heavy atom. The highest BCUT2D eigenvalue weighted by molar-refractivity contribution is 6.23. The first-order valence-corrected chi connectivity index (χ1v) is 10.7. The quantitative estimate of drug-likeness (QED) is 0.493. The maximum absolute atomic E-state index is 14.4. The van der Waals surface area contributed by atoms with Crippen LogP contribution in [0.5, 0.6) is 0 Å². The normalized spacial score (nSPS) is 21.1. The SMILES string of the molecule is CC1=C(C(=O)Nc2ccc(C(F)(F)F)cc2)C(=O)N(Cc2cccc(F)c2F)N2CCC[C@]12C. The van der Waals surface area contributed by atoms with Gasteiger partial charge in [-0.1, -0.05) is 12.1 Å². The number of carbonyl (C=O) groups is 2. The number of hydrazine groups is 1. The van der Waals surface area contributed by atoms with Crippen LogP contribution in [0.2, 0.25) is 0 Å². The van der Waals surface area contributed by atoms with Crippen molar-refractivity contribution in [3.05, 3.63) is 76.4 Å². The Kier molecular flexibility index (Phi) is 5.97. The average molecular weight is 479 g/mol. The van der Waals surface area contributed by atoms with Gasteiger partial charge >= 0.3 is 6.18 Å². The van der Waals surface area contributed by atoms with Gasteiger partial charge in [0.2, 0.25) is 0 Å². The third-order valence-corrected chi connectivity index (χ3v) is 6.57. The number of rotatable bonds is 4. The van der Waals surface area contributed by atoms with Gasteiger partial charge in [0.15, 0.2) is 11.6 Å². The molecule has 5 nitrogen and oxygen atoms in total. The van der Waals surface area contributed by atoms with Crippen molar-refractivity contribution in [2.45, 2.75) is 44.9 Å². The first-order chi connectivity index (χ1) is 15.9. The van der Waals surface area contributed by atoms with E-state index in [9.17, 15) is 31.5 Å². The van der Waals surface area contributed by atoms with Gasteiger partial charge in [-0.05, 0) is 62.6 Å². The zero-order chi connectivity index (χ0) is 24.8. The summed E-state index contributed by atoms with van der Waals surface area (Å²) in [4.78, 5) is 26.6. The molecule has 2 amide bonds. The van der Waals surface area contributed by atoms with Crippen molar-refractivity contribution in [1.82, 2.24) is 10.0 Å². The van der Waals surface area contributed by atoms with Crippen LogP contribution in [0, 0.1) is 11.6 Å². The van der Waals surface area contributed by atoms with Crippen molar-refractivity contribution in [3.8, 4) is 0 Å². The van der Waals surface area contributed by atoms with Gasteiger partial charge in [-0.3, -0.25) is 14.6 Å². The summed E-state index contributed by atoms with van der Waals surface area (Å²) >= 11 is 0. The smallest absolute Gasteiger partial charge is 0.322 e. The fraction of sp³-hybridized carbons (Fsp3) is 0.333. The Morgan fingerprint density at radius 3 is 2.44 bits per heavy atom. The monoisotopic (exact) mass is 479 g/mol. The highest BCUT2D eigenvalue weighted by Crippen LogP contribution is 2.42. The Bertz CT molecular complexity index is 1180. The third kappa shape index (κ3) is 4.06. The number of hydrogen-bond donors (Lipinski definition) is 1. The molecular formula is C24H22F5N3O2. The number of nitrogens with one attached hydrogen (secondary N) is 1. The fourth-order valence-corrected chi connectivity index (χ4v) is 4.58. The van der Waals surface area contributed by atoms with Crippen molar-refractivity contribution in [3.63, 3.8) is 0 Å². The van der Waals surface area contributed by atoms with Gasteiger partial charge in [0.1, 0.15) is 5.57 Å². The Labute approximate surface area is 192 Å². The number of amides is 2. The lowest BCUT2D eigenvalue weighted by atomic mass is 9.84. The van der Waals surface area contributed by atoms with Crippen LogP contribution in [0.3, 0.4) is 0 Å². The first kappa shape index (κ1) is 23.9. The number of halogens is 5. The number of alkyl halides is 3. The van der Waals surface area contributed by atoms with Crippen LogP contribution in [0.4, 0.5) is 27.6 Å². The van der Waals surface area contributed by atoms with Crippen molar-refractivity contribution in [2.24, 2.45) is 0 Å². The van der Waals surface area contributed by atoms with Crippen molar-refractivity contribution >= 4 is 17.5 Å². The van der Waals surface area contributed by atoms with Gasteiger partial charge in [0, 0.05) is 17.8 Å². The van der Waals surface area contributed by atoms with Crippen LogP contribution in [-0.4, -0.2) is 33.9 Å². The number of benzene rings is 2. The van der Waals surface area contributed by atoms with E-state index in [0.29, 0.717) is 18.5 Å². The van der Waals surface area contributed by atoms with Gasteiger partial charge in [0.25, 0.3) is 11.8 Å². The number of carbonyl (C=O) groups excluding carboxylic acids is 2. The number of hydrogen-bond acceptors (Lipinski definition) is 3. The summed E-state index contributed by atoms with van der Waals surface area (Å²) in [6, 6.07) is 7.55. The van der Waals surface area contributed by atoms with Crippen LogP contribution >= 0.6 is 0 Å². The van der Waals surface area contributed by atoms with Crippen LogP contribution in [-0.2, 0) is 22.3 Å². The average Bonchev–Trinajstić information content (AvgIpc) is 3.17. The molecular weight excluding hydrogens is 457 g/mol. The lowest BCUT2D eigenvalue weighted by Gasteiger charge is -2.47. The third-order valence-electron chi connectivity index (χ3n) is 6.57. The number of fused-ring (bicyclic) bond motifs is 1. The Morgan fingerprint density at radius 1 is 1.12 bits per heavy atom. The summed E-state index contributed by atoms with van der Waals surface area (Å²) in [5.41, 5.74) is -1.18. The number of anilines is 1. The van der Waals surface area contributed by atoms with E-state index < -0.39 is 40.7 Å². The first-order valence-electron chi connectivity index (χ1n) is 10.7. The van der Waals surface area contributed by atoms with E-state index in [2.05, 4.69) is 5.32 Å². The molecule has 4 rings (SSSR count). The van der Waals surface area contributed by atoms with Gasteiger partial charge in [-0.2, -0.15) is 13.2 Å². The molecule has 2 aliphatic heterocycles. The topological polar surface area (TPSA) is 52.7 Å². The molecule has 2 aromatic carbocycles. The Balaban J connectivity index is 1.66. The van der Waals surface area contributed by atoms with Gasteiger partial charge in [0.05, 0.1) is 17.6 Å². The minimum atomic E-state index is -4.52. The fourth-order valence-electron chi connectivity index (χ4n) is 4.58. The summed E-state index contributed by atoms with van der Waals surface area (Å²) < 4.78 is 66.6. The minimum absolute atomic E-state index is 0.0374. The molecule has 1 saturated heterocycles. The highest BCUT2D eigenvalue weighted by atomic mass is 19.4. The molecule has 34 heavy (non-hydrogen) atoms. The van der Waals surface area contributed by atoms with E-state index in [1.807, 2.05) is 6.92 Å². The van der Waals surface area contributed by atoms with Crippen LogP contribution in [0.1, 0.15) is 37.8 Å². The van der Waals surface area contributed by atoms with E-state index >= 15 is 0 Å². The predicted octanol–water partition coefficient (Wildman–Crippen LogP) is 5.05. The van der Waals surface area contributed by atoms with E-state index in [0.717, 1.165) is 36.8 Å². The van der Waals surface area contributed by atoms with Gasteiger partial charge in [-0.25, -0.2) is 13.8 Å². The molecule has 0 aromatic heterocycles. The number of nitrogens with zero attached hydrogens (tertiary/aromatic N) is 2. The van der Waals surface area contributed by atoms with Gasteiger partial charge in [-0.15, -0.1) is 0 Å². The molecule has 2 heterocycles. The van der Waals surface area contributed by atoms with E-state index in [-0.39, 0.29) is 23.4 Å². The molecule has 1 atom stereocenters. The second-order valence-corrected chi connectivity index (χ2v) is 8.61. The molecule has 2 aromatic rings. The molecule has 180 valence electrons. The molecule has 0 unspecified atom stereocenters. The summed E-state index contributed by atoms with van der Waals surface area (Å²) in [6.45, 7) is 3.74. The van der Waals surface area contributed by atoms with Crippen molar-refractivity contribution < 1.29 is 31.5 Å².